The Kier molecular flexibility index (Phi) is 2.15. The molecule has 0 bridgehead atoms. The molecule has 0 spiro atoms. The lowest BCUT2D eigenvalue weighted by molar-refractivity contribution is -0.156. The van der Waals surface area contributed by atoms with E-state index < -0.39 is 12.1 Å². The second-order valence-corrected chi connectivity index (χ2v) is 2.98. The Labute approximate surface area is 82.1 Å². The average Bonchev–Trinajstić information content (AvgIpc) is 2.59. The predicted octanol–water partition coefficient (Wildman–Crippen LogP) is 2.34. The molecule has 1 N–H and O–H groups in total. The molecule has 1 aromatic carbocycles. The van der Waals surface area contributed by atoms with Crippen LogP contribution in [-0.4, -0.2) is 10.1 Å². The summed E-state index contributed by atoms with van der Waals surface area (Å²) in [6.45, 7) is -0.252. The number of alkyl halides is 3. The number of hydrogen-bond acceptors (Lipinski definition) is 3. The van der Waals surface area contributed by atoms with Gasteiger partial charge in [-0.05, 0) is 17.7 Å². The van der Waals surface area contributed by atoms with Gasteiger partial charge in [-0.2, -0.15) is 13.2 Å². The van der Waals surface area contributed by atoms with Crippen molar-refractivity contribution in [3.8, 4) is 0 Å². The second kappa shape index (κ2) is 3.23. The maximum absolute atomic E-state index is 12.2. The van der Waals surface area contributed by atoms with Crippen LogP contribution in [0.2, 0.25) is 0 Å². The molecule has 0 saturated heterocycles. The standard InChI is InChI=1S/C9H6F3NO2/c10-9(11,12)8-13-6-2-1-5(4-14)3-7(6)15-8/h1-3,14H,4H2. The normalized spacial score (nSPS) is 12.3. The van der Waals surface area contributed by atoms with Crippen LogP contribution in [0.1, 0.15) is 11.5 Å². The number of benzene rings is 1. The van der Waals surface area contributed by atoms with Gasteiger partial charge in [-0.3, -0.25) is 0 Å². The van der Waals surface area contributed by atoms with E-state index in [2.05, 4.69) is 9.40 Å². The minimum absolute atomic E-state index is 0.0221. The van der Waals surface area contributed by atoms with E-state index >= 15 is 0 Å². The molecule has 3 nitrogen and oxygen atoms in total. The zero-order valence-electron chi connectivity index (χ0n) is 7.38. The minimum atomic E-state index is -4.58. The number of nitrogens with zero attached hydrogens (tertiary/aromatic N) is 1. The average molecular weight is 217 g/mol. The highest BCUT2D eigenvalue weighted by Crippen LogP contribution is 2.31. The molecule has 0 atom stereocenters. The minimum Gasteiger partial charge on any atom is -0.433 e. The summed E-state index contributed by atoms with van der Waals surface area (Å²) in [5, 5.41) is 8.78. The quantitative estimate of drug-likeness (QED) is 0.797. The first-order valence-electron chi connectivity index (χ1n) is 4.08. The first-order chi connectivity index (χ1) is 7.00. The zero-order valence-corrected chi connectivity index (χ0v) is 7.38. The molecule has 0 fully saturated rings. The van der Waals surface area contributed by atoms with Crippen LogP contribution in [-0.2, 0) is 12.8 Å². The highest BCUT2D eigenvalue weighted by molar-refractivity contribution is 5.73. The van der Waals surface area contributed by atoms with E-state index in [0.29, 0.717) is 5.56 Å². The maximum atomic E-state index is 12.2. The number of rotatable bonds is 1. The van der Waals surface area contributed by atoms with Crippen LogP contribution in [0.3, 0.4) is 0 Å². The Bertz CT molecular complexity index is 490. The summed E-state index contributed by atoms with van der Waals surface area (Å²) in [7, 11) is 0. The van der Waals surface area contributed by atoms with Gasteiger partial charge in [0.15, 0.2) is 5.58 Å². The van der Waals surface area contributed by atoms with E-state index in [-0.39, 0.29) is 17.7 Å². The Balaban J connectivity index is 2.56. The lowest BCUT2D eigenvalue weighted by Crippen LogP contribution is -2.04. The Morgan fingerprint density at radius 3 is 2.67 bits per heavy atom. The molecule has 0 amide bonds. The zero-order chi connectivity index (χ0) is 11.1. The largest absolute Gasteiger partial charge is 0.468 e. The molecule has 6 heteroatoms. The summed E-state index contributed by atoms with van der Waals surface area (Å²) < 4.78 is 41.1. The van der Waals surface area contributed by atoms with E-state index in [4.69, 9.17) is 5.11 Å². The molecule has 0 unspecified atom stereocenters. The number of hydrogen-bond donors (Lipinski definition) is 1. The van der Waals surface area contributed by atoms with Crippen molar-refractivity contribution in [1.29, 1.82) is 0 Å². The van der Waals surface area contributed by atoms with Crippen molar-refractivity contribution in [3.05, 3.63) is 29.7 Å². The third-order valence-corrected chi connectivity index (χ3v) is 1.88. The molecule has 2 aromatic rings. The van der Waals surface area contributed by atoms with E-state index in [1.165, 1.54) is 18.2 Å². The maximum Gasteiger partial charge on any atom is 0.468 e. The molecule has 0 aliphatic rings. The number of oxazole rings is 1. The third-order valence-electron chi connectivity index (χ3n) is 1.88. The van der Waals surface area contributed by atoms with E-state index in [0.717, 1.165) is 0 Å². The fourth-order valence-corrected chi connectivity index (χ4v) is 1.19. The molecule has 1 aromatic heterocycles. The van der Waals surface area contributed by atoms with Gasteiger partial charge in [0.2, 0.25) is 0 Å². The van der Waals surface area contributed by atoms with Gasteiger partial charge >= 0.3 is 12.1 Å². The van der Waals surface area contributed by atoms with Gasteiger partial charge in [0.25, 0.3) is 0 Å². The third kappa shape index (κ3) is 1.80. The number of aliphatic hydroxyl groups excluding tert-OH is 1. The van der Waals surface area contributed by atoms with Gasteiger partial charge in [-0.1, -0.05) is 6.07 Å². The van der Waals surface area contributed by atoms with Crippen molar-refractivity contribution in [2.75, 3.05) is 0 Å². The first-order valence-corrected chi connectivity index (χ1v) is 4.08. The summed E-state index contributed by atoms with van der Waals surface area (Å²) in [5.41, 5.74) is 0.626. The Morgan fingerprint density at radius 2 is 2.07 bits per heavy atom. The summed E-state index contributed by atoms with van der Waals surface area (Å²) in [4.78, 5) is 3.29. The molecule has 0 aliphatic carbocycles. The number of halogens is 3. The fourth-order valence-electron chi connectivity index (χ4n) is 1.19. The molecule has 0 radical (unpaired) electrons. The van der Waals surface area contributed by atoms with Gasteiger partial charge in [0.05, 0.1) is 6.61 Å². The van der Waals surface area contributed by atoms with Crippen LogP contribution in [0.15, 0.2) is 22.6 Å². The van der Waals surface area contributed by atoms with Gasteiger partial charge in [-0.15, -0.1) is 0 Å². The first kappa shape index (κ1) is 9.97. The summed E-state index contributed by atoms with van der Waals surface area (Å²) in [6.07, 6.45) is -4.58. The lowest BCUT2D eigenvalue weighted by Gasteiger charge is -1.97. The monoisotopic (exact) mass is 217 g/mol. The van der Waals surface area contributed by atoms with Crippen molar-refractivity contribution < 1.29 is 22.7 Å². The van der Waals surface area contributed by atoms with Crippen LogP contribution in [0.4, 0.5) is 13.2 Å². The topological polar surface area (TPSA) is 46.3 Å². The van der Waals surface area contributed by atoms with Gasteiger partial charge in [0.1, 0.15) is 5.52 Å². The predicted molar refractivity (Wildman–Crippen MR) is 44.9 cm³/mol. The van der Waals surface area contributed by atoms with Gasteiger partial charge in [0, 0.05) is 0 Å². The summed E-state index contributed by atoms with van der Waals surface area (Å²) in [6, 6.07) is 4.20. The smallest absolute Gasteiger partial charge is 0.433 e. The number of fused-ring (bicyclic) bond motifs is 1. The SMILES string of the molecule is OCc1ccc2nc(C(F)(F)F)oc2c1. The fraction of sp³-hybridized carbons (Fsp3) is 0.222. The van der Waals surface area contributed by atoms with E-state index in [1.54, 1.807) is 0 Å². The van der Waals surface area contributed by atoms with Crippen LogP contribution >= 0.6 is 0 Å². The number of aromatic nitrogens is 1. The number of aliphatic hydroxyl groups is 1. The van der Waals surface area contributed by atoms with Crippen molar-refractivity contribution in [2.45, 2.75) is 12.8 Å². The highest BCUT2D eigenvalue weighted by atomic mass is 19.4. The molecule has 15 heavy (non-hydrogen) atoms. The molecule has 0 saturated carbocycles. The summed E-state index contributed by atoms with van der Waals surface area (Å²) >= 11 is 0. The van der Waals surface area contributed by atoms with Crippen LogP contribution in [0.5, 0.6) is 0 Å². The summed E-state index contributed by atoms with van der Waals surface area (Å²) in [5.74, 6) is -1.27. The van der Waals surface area contributed by atoms with Crippen molar-refractivity contribution in [3.63, 3.8) is 0 Å². The second-order valence-electron chi connectivity index (χ2n) is 2.98. The molecule has 1 heterocycles. The Hall–Kier alpha value is -1.56. The Morgan fingerprint density at radius 1 is 1.33 bits per heavy atom. The van der Waals surface area contributed by atoms with Crippen molar-refractivity contribution in [1.82, 2.24) is 4.98 Å². The highest BCUT2D eigenvalue weighted by Gasteiger charge is 2.37. The molecular formula is C9H6F3NO2. The van der Waals surface area contributed by atoms with Crippen molar-refractivity contribution >= 4 is 11.1 Å². The molecule has 80 valence electrons. The van der Waals surface area contributed by atoms with Gasteiger partial charge < -0.3 is 9.52 Å². The van der Waals surface area contributed by atoms with Crippen LogP contribution < -0.4 is 0 Å². The molecule has 0 aliphatic heterocycles. The molecular weight excluding hydrogens is 211 g/mol. The van der Waals surface area contributed by atoms with Gasteiger partial charge in [-0.25, -0.2) is 4.98 Å². The van der Waals surface area contributed by atoms with E-state index in [1.807, 2.05) is 0 Å². The van der Waals surface area contributed by atoms with Crippen LogP contribution in [0, 0.1) is 0 Å². The van der Waals surface area contributed by atoms with E-state index in [9.17, 15) is 13.2 Å². The molecule has 2 rings (SSSR count). The van der Waals surface area contributed by atoms with Crippen molar-refractivity contribution in [2.24, 2.45) is 0 Å². The lowest BCUT2D eigenvalue weighted by atomic mass is 10.2. The van der Waals surface area contributed by atoms with Crippen LogP contribution in [0.25, 0.3) is 11.1 Å².